The molecule has 4 aromatic rings. The predicted molar refractivity (Wildman–Crippen MR) is 133 cm³/mol. The first-order valence-corrected chi connectivity index (χ1v) is 11.9. The first-order valence-electron chi connectivity index (χ1n) is 10.1. The Morgan fingerprint density at radius 2 is 1.79 bits per heavy atom. The van der Waals surface area contributed by atoms with E-state index in [0.717, 1.165) is 5.56 Å². The Morgan fingerprint density at radius 1 is 1.03 bits per heavy atom. The second-order valence-corrected chi connectivity index (χ2v) is 9.35. The van der Waals surface area contributed by atoms with E-state index < -0.39 is 31.8 Å². The number of fused-ring (bicyclic) bond motifs is 1. The van der Waals surface area contributed by atoms with Crippen LogP contribution < -0.4 is 15.0 Å². The molecule has 1 aromatic heterocycles. The van der Waals surface area contributed by atoms with E-state index >= 15 is 0 Å². The number of ether oxygens (including phenoxy) is 1. The van der Waals surface area contributed by atoms with Crippen molar-refractivity contribution in [2.45, 2.75) is 4.90 Å². The predicted octanol–water partition coefficient (Wildman–Crippen LogP) is 4.89. The van der Waals surface area contributed by atoms with E-state index in [0.29, 0.717) is 5.75 Å². The molecule has 0 radical (unpaired) electrons. The fraction of sp³-hybridized carbons (Fsp3) is 0.0400. The molecule has 1 heterocycles. The molecule has 0 aliphatic heterocycles. The number of rotatable bonds is 7. The van der Waals surface area contributed by atoms with E-state index in [9.17, 15) is 18.0 Å². The standard InChI is InChI=1S/C25H19ClN2O5S/c1-33-19-9-5-8-18(15-19)28-34(31,32)24-20-14-17(26)11-12-21(20)27-25(30)23(24)22(29)13-10-16-6-3-2-4-7-16/h2-15,28H,1H3,(H,27,30)/b13-10+. The van der Waals surface area contributed by atoms with Crippen LogP contribution in [0.4, 0.5) is 5.69 Å². The Kier molecular flexibility index (Phi) is 6.54. The summed E-state index contributed by atoms with van der Waals surface area (Å²) in [5.74, 6) is -0.334. The number of carbonyl (C=O) groups is 1. The van der Waals surface area contributed by atoms with Gasteiger partial charge >= 0.3 is 0 Å². The van der Waals surface area contributed by atoms with E-state index in [1.54, 1.807) is 36.4 Å². The molecule has 0 saturated heterocycles. The zero-order chi connectivity index (χ0) is 24.3. The number of pyridine rings is 1. The third-order valence-corrected chi connectivity index (χ3v) is 6.69. The normalized spacial score (nSPS) is 11.6. The number of benzene rings is 3. The van der Waals surface area contributed by atoms with Crippen molar-refractivity contribution < 1.29 is 17.9 Å². The maximum Gasteiger partial charge on any atom is 0.263 e. The van der Waals surface area contributed by atoms with Crippen molar-refractivity contribution in [2.24, 2.45) is 0 Å². The van der Waals surface area contributed by atoms with Crippen LogP contribution in [0.1, 0.15) is 15.9 Å². The molecule has 0 aliphatic rings. The summed E-state index contributed by atoms with van der Waals surface area (Å²) in [5, 5.41) is 0.356. The second-order valence-electron chi connectivity index (χ2n) is 7.29. The average Bonchev–Trinajstić information content (AvgIpc) is 2.82. The first kappa shape index (κ1) is 23.3. The highest BCUT2D eigenvalue weighted by Gasteiger charge is 2.28. The van der Waals surface area contributed by atoms with Crippen LogP contribution in [0.2, 0.25) is 5.02 Å². The number of allylic oxidation sites excluding steroid dienone is 1. The van der Waals surface area contributed by atoms with E-state index in [1.165, 1.54) is 49.6 Å². The lowest BCUT2D eigenvalue weighted by molar-refractivity contribution is 0.104. The van der Waals surface area contributed by atoms with Crippen LogP contribution in [-0.4, -0.2) is 26.3 Å². The minimum absolute atomic E-state index is 0.110. The Bertz CT molecular complexity index is 1580. The van der Waals surface area contributed by atoms with Crippen LogP contribution in [0.3, 0.4) is 0 Å². The summed E-state index contributed by atoms with van der Waals surface area (Å²) >= 11 is 6.13. The SMILES string of the molecule is COc1cccc(NS(=O)(=O)c2c(C(=O)/C=C/c3ccccc3)c(=O)[nH]c3ccc(Cl)cc23)c1. The summed E-state index contributed by atoms with van der Waals surface area (Å²) in [6.07, 6.45) is 2.68. The Morgan fingerprint density at radius 3 is 2.53 bits per heavy atom. The van der Waals surface area contributed by atoms with Crippen molar-refractivity contribution in [3.63, 3.8) is 0 Å². The summed E-state index contributed by atoms with van der Waals surface area (Å²) in [4.78, 5) is 28.2. The summed E-state index contributed by atoms with van der Waals surface area (Å²) in [6.45, 7) is 0. The van der Waals surface area contributed by atoms with Gasteiger partial charge in [-0.3, -0.25) is 14.3 Å². The smallest absolute Gasteiger partial charge is 0.263 e. The van der Waals surface area contributed by atoms with Crippen LogP contribution in [0.15, 0.2) is 88.6 Å². The zero-order valence-corrected chi connectivity index (χ0v) is 19.5. The fourth-order valence-corrected chi connectivity index (χ4v) is 5.08. The molecule has 0 atom stereocenters. The summed E-state index contributed by atoms with van der Waals surface area (Å²) in [7, 11) is -2.95. The number of anilines is 1. The van der Waals surface area contributed by atoms with Gasteiger partial charge in [-0.2, -0.15) is 0 Å². The average molecular weight is 495 g/mol. The van der Waals surface area contributed by atoms with E-state index in [4.69, 9.17) is 16.3 Å². The van der Waals surface area contributed by atoms with Crippen LogP contribution in [0.5, 0.6) is 5.75 Å². The van der Waals surface area contributed by atoms with Crippen LogP contribution in [-0.2, 0) is 10.0 Å². The number of nitrogens with one attached hydrogen (secondary N) is 2. The van der Waals surface area contributed by atoms with E-state index in [1.807, 2.05) is 6.07 Å². The number of carbonyl (C=O) groups excluding carboxylic acids is 1. The molecular weight excluding hydrogens is 476 g/mol. The molecule has 0 bridgehead atoms. The fourth-order valence-electron chi connectivity index (χ4n) is 3.45. The lowest BCUT2D eigenvalue weighted by Gasteiger charge is -2.14. The van der Waals surface area contributed by atoms with Gasteiger partial charge in [-0.25, -0.2) is 8.42 Å². The molecule has 7 nitrogen and oxygen atoms in total. The Hall–Kier alpha value is -3.88. The van der Waals surface area contributed by atoms with Crippen LogP contribution in [0, 0.1) is 0 Å². The van der Waals surface area contributed by atoms with Gasteiger partial charge in [0.25, 0.3) is 15.6 Å². The highest BCUT2D eigenvalue weighted by atomic mass is 35.5. The van der Waals surface area contributed by atoms with Gasteiger partial charge in [0.2, 0.25) is 0 Å². The molecule has 34 heavy (non-hydrogen) atoms. The number of methoxy groups -OCH3 is 1. The van der Waals surface area contributed by atoms with Gasteiger partial charge in [0.1, 0.15) is 16.2 Å². The number of ketones is 1. The molecule has 2 N–H and O–H groups in total. The maximum absolute atomic E-state index is 13.6. The number of halogens is 1. The molecule has 9 heteroatoms. The number of aromatic amines is 1. The summed E-state index contributed by atoms with van der Waals surface area (Å²) < 4.78 is 34.7. The van der Waals surface area contributed by atoms with Gasteiger partial charge in [0.05, 0.1) is 12.8 Å². The number of aromatic nitrogens is 1. The molecule has 172 valence electrons. The van der Waals surface area contributed by atoms with Gasteiger partial charge in [-0.05, 0) is 42.0 Å². The Balaban J connectivity index is 1.91. The minimum atomic E-state index is -4.40. The first-order chi connectivity index (χ1) is 16.3. The van der Waals surface area contributed by atoms with Gasteiger partial charge in [0.15, 0.2) is 5.78 Å². The van der Waals surface area contributed by atoms with Gasteiger partial charge in [-0.1, -0.05) is 54.1 Å². The van der Waals surface area contributed by atoms with Gasteiger partial charge in [-0.15, -0.1) is 0 Å². The van der Waals surface area contributed by atoms with E-state index in [-0.39, 0.29) is 21.6 Å². The number of hydrogen-bond acceptors (Lipinski definition) is 5. The van der Waals surface area contributed by atoms with Crippen molar-refractivity contribution in [3.8, 4) is 5.75 Å². The number of hydrogen-bond donors (Lipinski definition) is 2. The second kappa shape index (κ2) is 9.54. The monoisotopic (exact) mass is 494 g/mol. The lowest BCUT2D eigenvalue weighted by Crippen LogP contribution is -2.25. The highest BCUT2D eigenvalue weighted by molar-refractivity contribution is 7.93. The number of sulfonamides is 1. The zero-order valence-electron chi connectivity index (χ0n) is 17.9. The maximum atomic E-state index is 13.6. The largest absolute Gasteiger partial charge is 0.497 e. The minimum Gasteiger partial charge on any atom is -0.497 e. The summed E-state index contributed by atoms with van der Waals surface area (Å²) in [5.41, 5.74) is -0.201. The third-order valence-electron chi connectivity index (χ3n) is 4.99. The summed E-state index contributed by atoms with van der Waals surface area (Å²) in [6, 6.07) is 19.6. The highest BCUT2D eigenvalue weighted by Crippen LogP contribution is 2.29. The van der Waals surface area contributed by atoms with Crippen molar-refractivity contribution in [3.05, 3.63) is 105 Å². The molecular formula is C25H19ClN2O5S. The van der Waals surface area contributed by atoms with Crippen LogP contribution in [0.25, 0.3) is 17.0 Å². The third kappa shape index (κ3) is 4.88. The molecule has 0 aliphatic carbocycles. The number of H-pyrrole nitrogens is 1. The quantitative estimate of drug-likeness (QED) is 0.281. The van der Waals surface area contributed by atoms with Crippen molar-refractivity contribution >= 4 is 50.1 Å². The molecule has 0 saturated carbocycles. The van der Waals surface area contributed by atoms with Crippen molar-refractivity contribution in [1.29, 1.82) is 0 Å². The molecule has 3 aromatic carbocycles. The molecule has 0 unspecified atom stereocenters. The van der Waals surface area contributed by atoms with Crippen LogP contribution >= 0.6 is 11.6 Å². The van der Waals surface area contributed by atoms with Crippen molar-refractivity contribution in [2.75, 3.05) is 11.8 Å². The van der Waals surface area contributed by atoms with Gasteiger partial charge in [0, 0.05) is 22.0 Å². The molecule has 0 spiro atoms. The lowest BCUT2D eigenvalue weighted by atomic mass is 10.1. The molecule has 4 rings (SSSR count). The van der Waals surface area contributed by atoms with Gasteiger partial charge < -0.3 is 9.72 Å². The molecule has 0 amide bonds. The Labute approximate surface area is 200 Å². The van der Waals surface area contributed by atoms with E-state index in [2.05, 4.69) is 9.71 Å². The topological polar surface area (TPSA) is 105 Å². The molecule has 0 fully saturated rings. The van der Waals surface area contributed by atoms with Crippen molar-refractivity contribution in [1.82, 2.24) is 4.98 Å².